The monoisotopic (exact) mass is 535 g/mol. The molecule has 1 aliphatic rings. The molecule has 0 unspecified atom stereocenters. The summed E-state index contributed by atoms with van der Waals surface area (Å²) in [5.41, 5.74) is 0.950. The van der Waals surface area contributed by atoms with Gasteiger partial charge in [-0.05, 0) is 54.3 Å². The van der Waals surface area contributed by atoms with Crippen molar-refractivity contribution in [3.63, 3.8) is 0 Å². The standard InChI is InChI=1S/C25H19F6N5S/c26-24(27,28)16-3-5-17(6-4-16)33-22-18-7-11-36(23-19(25(29,30)31)2-1-10-32-23)12-8-20(18)34-21(35-22)15-9-13-37-14-15/h1-6,9-10,13-14H,7-8,11-12H2,(H,33,34,35). The Morgan fingerprint density at radius 3 is 2.30 bits per heavy atom. The summed E-state index contributed by atoms with van der Waals surface area (Å²) in [6, 6.07) is 8.69. The molecule has 0 amide bonds. The van der Waals surface area contributed by atoms with E-state index in [4.69, 9.17) is 4.98 Å². The molecule has 3 aromatic heterocycles. The van der Waals surface area contributed by atoms with Crippen molar-refractivity contribution in [3.05, 3.63) is 81.8 Å². The zero-order valence-electron chi connectivity index (χ0n) is 19.1. The van der Waals surface area contributed by atoms with Crippen LogP contribution in [0.2, 0.25) is 0 Å². The smallest absolute Gasteiger partial charge is 0.355 e. The summed E-state index contributed by atoms with van der Waals surface area (Å²) >= 11 is 1.46. The molecule has 0 fully saturated rings. The van der Waals surface area contributed by atoms with Crippen LogP contribution in [0.4, 0.5) is 43.7 Å². The molecule has 5 nitrogen and oxygen atoms in total. The molecule has 1 N–H and O–H groups in total. The molecule has 1 aliphatic heterocycles. The van der Waals surface area contributed by atoms with E-state index in [1.54, 1.807) is 4.90 Å². The number of anilines is 3. The molecule has 4 heterocycles. The number of alkyl halides is 6. The summed E-state index contributed by atoms with van der Waals surface area (Å²) in [6.45, 7) is 0.489. The van der Waals surface area contributed by atoms with Crippen LogP contribution < -0.4 is 10.2 Å². The summed E-state index contributed by atoms with van der Waals surface area (Å²) in [6.07, 6.45) is -7.03. The van der Waals surface area contributed by atoms with E-state index in [-0.39, 0.29) is 18.9 Å². The van der Waals surface area contributed by atoms with Gasteiger partial charge in [0.2, 0.25) is 0 Å². The zero-order chi connectivity index (χ0) is 26.2. The average molecular weight is 536 g/mol. The highest BCUT2D eigenvalue weighted by molar-refractivity contribution is 7.08. The number of aromatic nitrogens is 3. The van der Waals surface area contributed by atoms with E-state index in [2.05, 4.69) is 15.3 Å². The fourth-order valence-corrected chi connectivity index (χ4v) is 4.82. The van der Waals surface area contributed by atoms with Crippen molar-refractivity contribution in [1.29, 1.82) is 0 Å². The predicted molar refractivity (Wildman–Crippen MR) is 129 cm³/mol. The Morgan fingerprint density at radius 2 is 1.62 bits per heavy atom. The number of nitrogens with one attached hydrogen (secondary N) is 1. The van der Waals surface area contributed by atoms with E-state index in [1.807, 2.05) is 16.8 Å². The van der Waals surface area contributed by atoms with Crippen molar-refractivity contribution in [2.45, 2.75) is 25.2 Å². The second-order valence-electron chi connectivity index (χ2n) is 8.39. The summed E-state index contributed by atoms with van der Waals surface area (Å²) in [5.74, 6) is 0.688. The van der Waals surface area contributed by atoms with Gasteiger partial charge in [-0.15, -0.1) is 0 Å². The van der Waals surface area contributed by atoms with Gasteiger partial charge in [-0.2, -0.15) is 37.7 Å². The van der Waals surface area contributed by atoms with E-state index in [0.717, 1.165) is 23.8 Å². The van der Waals surface area contributed by atoms with Crippen molar-refractivity contribution in [3.8, 4) is 11.4 Å². The van der Waals surface area contributed by atoms with Crippen LogP contribution in [0.3, 0.4) is 0 Å². The zero-order valence-corrected chi connectivity index (χ0v) is 19.9. The Bertz CT molecular complexity index is 1380. The summed E-state index contributed by atoms with van der Waals surface area (Å²) < 4.78 is 79.8. The fraction of sp³-hybridized carbons (Fsp3) is 0.240. The Hall–Kier alpha value is -3.67. The van der Waals surface area contributed by atoms with Crippen LogP contribution in [-0.2, 0) is 25.2 Å². The first kappa shape index (κ1) is 25.0. The molecule has 0 radical (unpaired) electrons. The summed E-state index contributed by atoms with van der Waals surface area (Å²) in [7, 11) is 0. The normalized spacial score (nSPS) is 14.3. The Labute approximate surface area is 211 Å². The predicted octanol–water partition coefficient (Wildman–Crippen LogP) is 6.99. The SMILES string of the molecule is FC(F)(F)c1ccc(Nc2nc(-c3ccsc3)nc3c2CCN(c2ncccc2C(F)(F)F)CC3)cc1. The number of thiophene rings is 1. The minimum atomic E-state index is -4.55. The van der Waals surface area contributed by atoms with Gasteiger partial charge in [0.25, 0.3) is 0 Å². The molecular formula is C25H19F6N5S. The van der Waals surface area contributed by atoms with Crippen LogP contribution in [0.25, 0.3) is 11.4 Å². The third-order valence-electron chi connectivity index (χ3n) is 5.99. The van der Waals surface area contributed by atoms with Crippen molar-refractivity contribution in [2.75, 3.05) is 23.3 Å². The van der Waals surface area contributed by atoms with Crippen LogP contribution in [0.15, 0.2) is 59.4 Å². The lowest BCUT2D eigenvalue weighted by molar-refractivity contribution is -0.138. The molecule has 192 valence electrons. The molecule has 12 heteroatoms. The lowest BCUT2D eigenvalue weighted by Crippen LogP contribution is -2.29. The van der Waals surface area contributed by atoms with Crippen molar-refractivity contribution >= 4 is 28.7 Å². The molecule has 0 aliphatic carbocycles. The van der Waals surface area contributed by atoms with Crippen LogP contribution in [0, 0.1) is 0 Å². The molecule has 0 bridgehead atoms. The van der Waals surface area contributed by atoms with Crippen LogP contribution in [-0.4, -0.2) is 28.0 Å². The number of pyridine rings is 1. The first-order valence-electron chi connectivity index (χ1n) is 11.2. The van der Waals surface area contributed by atoms with Gasteiger partial charge in [0.1, 0.15) is 11.6 Å². The highest BCUT2D eigenvalue weighted by atomic mass is 32.1. The van der Waals surface area contributed by atoms with E-state index in [0.29, 0.717) is 41.4 Å². The van der Waals surface area contributed by atoms with Crippen molar-refractivity contribution < 1.29 is 26.3 Å². The van der Waals surface area contributed by atoms with Gasteiger partial charge in [-0.25, -0.2) is 15.0 Å². The van der Waals surface area contributed by atoms with Crippen molar-refractivity contribution in [1.82, 2.24) is 15.0 Å². The lowest BCUT2D eigenvalue weighted by atomic mass is 10.1. The first-order valence-corrected chi connectivity index (χ1v) is 12.2. The van der Waals surface area contributed by atoms with E-state index in [1.165, 1.54) is 35.7 Å². The highest BCUT2D eigenvalue weighted by Gasteiger charge is 2.36. The second-order valence-corrected chi connectivity index (χ2v) is 9.17. The first-order chi connectivity index (χ1) is 17.6. The number of hydrogen-bond acceptors (Lipinski definition) is 6. The largest absolute Gasteiger partial charge is 0.419 e. The molecule has 0 spiro atoms. The molecular weight excluding hydrogens is 516 g/mol. The number of hydrogen-bond donors (Lipinski definition) is 1. The van der Waals surface area contributed by atoms with Gasteiger partial charge < -0.3 is 10.2 Å². The summed E-state index contributed by atoms with van der Waals surface area (Å²) in [4.78, 5) is 14.9. The Balaban J connectivity index is 1.50. The molecule has 0 saturated heterocycles. The van der Waals surface area contributed by atoms with Crippen LogP contribution in [0.5, 0.6) is 0 Å². The topological polar surface area (TPSA) is 53.9 Å². The number of halogens is 6. The number of benzene rings is 1. The van der Waals surface area contributed by atoms with Crippen molar-refractivity contribution in [2.24, 2.45) is 0 Å². The van der Waals surface area contributed by atoms with E-state index >= 15 is 0 Å². The molecule has 37 heavy (non-hydrogen) atoms. The van der Waals surface area contributed by atoms with Gasteiger partial charge in [0.15, 0.2) is 5.82 Å². The number of nitrogens with zero attached hydrogens (tertiary/aromatic N) is 4. The van der Waals surface area contributed by atoms with Gasteiger partial charge in [0.05, 0.1) is 16.8 Å². The molecule has 0 saturated carbocycles. The molecule has 4 aromatic rings. The van der Waals surface area contributed by atoms with Crippen LogP contribution >= 0.6 is 11.3 Å². The van der Waals surface area contributed by atoms with E-state index < -0.39 is 23.5 Å². The highest BCUT2D eigenvalue weighted by Crippen LogP contribution is 2.37. The fourth-order valence-electron chi connectivity index (χ4n) is 4.18. The summed E-state index contributed by atoms with van der Waals surface area (Å²) in [5, 5.41) is 6.84. The minimum Gasteiger partial charge on any atom is -0.355 e. The molecule has 5 rings (SSSR count). The number of fused-ring (bicyclic) bond motifs is 1. The lowest BCUT2D eigenvalue weighted by Gasteiger charge is -2.24. The maximum atomic E-state index is 13.6. The quantitative estimate of drug-likeness (QED) is 0.286. The van der Waals surface area contributed by atoms with Gasteiger partial charge >= 0.3 is 12.4 Å². The van der Waals surface area contributed by atoms with Gasteiger partial charge in [0, 0.05) is 47.9 Å². The Kier molecular flexibility index (Phi) is 6.52. The average Bonchev–Trinajstić information content (AvgIpc) is 3.31. The van der Waals surface area contributed by atoms with Gasteiger partial charge in [-0.3, -0.25) is 0 Å². The molecule has 1 aromatic carbocycles. The minimum absolute atomic E-state index is 0.147. The number of rotatable bonds is 4. The second kappa shape index (κ2) is 9.66. The van der Waals surface area contributed by atoms with E-state index in [9.17, 15) is 26.3 Å². The van der Waals surface area contributed by atoms with Gasteiger partial charge in [-0.1, -0.05) is 0 Å². The molecule has 0 atom stereocenters. The maximum Gasteiger partial charge on any atom is 0.419 e. The third-order valence-corrected chi connectivity index (χ3v) is 6.67. The Morgan fingerprint density at radius 1 is 0.865 bits per heavy atom. The maximum absolute atomic E-state index is 13.6. The van der Waals surface area contributed by atoms with Crippen LogP contribution in [0.1, 0.15) is 22.4 Å². The third kappa shape index (κ3) is 5.38.